The third-order valence-corrected chi connectivity index (χ3v) is 3.50. The van der Waals surface area contributed by atoms with Crippen LogP contribution < -0.4 is 10.6 Å². The lowest BCUT2D eigenvalue weighted by Gasteiger charge is -2.23. The average Bonchev–Trinajstić information content (AvgIpc) is 2.49. The molecule has 0 radical (unpaired) electrons. The van der Waals surface area contributed by atoms with Gasteiger partial charge in [0.25, 0.3) is 0 Å². The Morgan fingerprint density at radius 2 is 1.57 bits per heavy atom. The Morgan fingerprint density at radius 1 is 1.04 bits per heavy atom. The molecule has 0 saturated carbocycles. The molecule has 1 aromatic rings. The number of guanidine groups is 1. The molecule has 23 heavy (non-hydrogen) atoms. The van der Waals surface area contributed by atoms with Gasteiger partial charge in [0.2, 0.25) is 0 Å². The van der Waals surface area contributed by atoms with Crippen molar-refractivity contribution in [2.75, 3.05) is 20.1 Å². The van der Waals surface area contributed by atoms with Crippen molar-refractivity contribution in [1.29, 1.82) is 0 Å². The smallest absolute Gasteiger partial charge is 0.191 e. The summed E-state index contributed by atoms with van der Waals surface area (Å²) < 4.78 is 0. The van der Waals surface area contributed by atoms with E-state index < -0.39 is 0 Å². The van der Waals surface area contributed by atoms with Gasteiger partial charge in [-0.3, -0.25) is 9.89 Å². The molecule has 4 nitrogen and oxygen atoms in total. The fraction of sp³-hybridized carbons (Fsp3) is 0.611. The van der Waals surface area contributed by atoms with Crippen molar-refractivity contribution in [1.82, 2.24) is 15.5 Å². The number of halogens is 1. The van der Waals surface area contributed by atoms with Gasteiger partial charge < -0.3 is 10.6 Å². The van der Waals surface area contributed by atoms with Gasteiger partial charge in [0.05, 0.1) is 0 Å². The van der Waals surface area contributed by atoms with Gasteiger partial charge in [0.15, 0.2) is 5.96 Å². The second kappa shape index (κ2) is 10.9. The Labute approximate surface area is 159 Å². The number of nitrogens with one attached hydrogen (secondary N) is 2. The molecule has 0 bridgehead atoms. The van der Waals surface area contributed by atoms with E-state index >= 15 is 0 Å². The molecule has 5 heteroatoms. The van der Waals surface area contributed by atoms with Crippen LogP contribution in [0.2, 0.25) is 0 Å². The summed E-state index contributed by atoms with van der Waals surface area (Å²) in [5, 5.41) is 6.71. The molecule has 132 valence electrons. The molecule has 1 aromatic carbocycles. The lowest BCUT2D eigenvalue weighted by molar-refractivity contribution is 0.296. The lowest BCUT2D eigenvalue weighted by Crippen LogP contribution is -2.47. The van der Waals surface area contributed by atoms with Gasteiger partial charge in [-0.2, -0.15) is 0 Å². The summed E-state index contributed by atoms with van der Waals surface area (Å²) >= 11 is 0. The van der Waals surface area contributed by atoms with Crippen LogP contribution in [0.25, 0.3) is 0 Å². The third kappa shape index (κ3) is 9.15. The lowest BCUT2D eigenvalue weighted by atomic mass is 10.1. The molecule has 2 N–H and O–H groups in total. The average molecular weight is 432 g/mol. The number of rotatable bonds is 6. The molecular weight excluding hydrogens is 399 g/mol. The fourth-order valence-corrected chi connectivity index (χ4v) is 2.19. The van der Waals surface area contributed by atoms with Crippen LogP contribution in [-0.4, -0.2) is 36.5 Å². The summed E-state index contributed by atoms with van der Waals surface area (Å²) in [4.78, 5) is 6.67. The minimum atomic E-state index is 0. The Balaban J connectivity index is 0.00000484. The molecule has 1 rings (SSSR count). The van der Waals surface area contributed by atoms with E-state index in [2.05, 4.69) is 79.4 Å². The van der Waals surface area contributed by atoms with Crippen molar-refractivity contribution in [3.8, 4) is 0 Å². The van der Waals surface area contributed by atoms with Crippen LogP contribution in [0.4, 0.5) is 0 Å². The summed E-state index contributed by atoms with van der Waals surface area (Å²) in [6.07, 6.45) is 0. The van der Waals surface area contributed by atoms with Crippen LogP contribution in [0.15, 0.2) is 29.3 Å². The summed E-state index contributed by atoms with van der Waals surface area (Å²) in [7, 11) is 1.80. The Hall–Kier alpha value is -0.820. The number of benzene rings is 1. The van der Waals surface area contributed by atoms with Gasteiger partial charge in [-0.15, -0.1) is 24.0 Å². The summed E-state index contributed by atoms with van der Waals surface area (Å²) in [6, 6.07) is 8.82. The van der Waals surface area contributed by atoms with Crippen molar-refractivity contribution < 1.29 is 0 Å². The van der Waals surface area contributed by atoms with E-state index in [-0.39, 0.29) is 29.5 Å². The fourth-order valence-electron chi connectivity index (χ4n) is 2.19. The first-order chi connectivity index (χ1) is 10.4. The van der Waals surface area contributed by atoms with E-state index in [0.717, 1.165) is 32.1 Å². The molecule has 0 heterocycles. The van der Waals surface area contributed by atoms with E-state index in [9.17, 15) is 0 Å². The van der Waals surface area contributed by atoms with Crippen molar-refractivity contribution in [3.05, 3.63) is 35.4 Å². The number of nitrogens with zero attached hydrogens (tertiary/aromatic N) is 2. The monoisotopic (exact) mass is 432 g/mol. The molecular formula is C18H33IN4. The predicted octanol–water partition coefficient (Wildman–Crippen LogP) is 3.61. The van der Waals surface area contributed by atoms with E-state index in [1.165, 1.54) is 11.1 Å². The van der Waals surface area contributed by atoms with Gasteiger partial charge >= 0.3 is 0 Å². The van der Waals surface area contributed by atoms with E-state index in [0.29, 0.717) is 0 Å². The van der Waals surface area contributed by atoms with Crippen molar-refractivity contribution in [2.45, 2.75) is 53.2 Å². The first-order valence-corrected chi connectivity index (χ1v) is 8.17. The highest BCUT2D eigenvalue weighted by molar-refractivity contribution is 14.0. The third-order valence-electron chi connectivity index (χ3n) is 3.50. The number of aliphatic imine (C=N–C) groups is 1. The zero-order chi connectivity index (χ0) is 16.6. The quantitative estimate of drug-likeness (QED) is 0.410. The highest BCUT2D eigenvalue weighted by Gasteiger charge is 2.11. The van der Waals surface area contributed by atoms with Crippen LogP contribution >= 0.6 is 24.0 Å². The predicted molar refractivity (Wildman–Crippen MR) is 112 cm³/mol. The Kier molecular flexibility index (Phi) is 10.5. The Bertz CT molecular complexity index is 459. The SMILES string of the molecule is CCN(CC)Cc1ccc(CNC(=NC)NC(C)(C)C)cc1.I. The zero-order valence-corrected chi connectivity index (χ0v) is 17.8. The number of hydrogen-bond donors (Lipinski definition) is 2. The topological polar surface area (TPSA) is 39.7 Å². The molecule has 0 aromatic heterocycles. The van der Waals surface area contributed by atoms with Gasteiger partial charge in [-0.05, 0) is 45.0 Å². The van der Waals surface area contributed by atoms with Gasteiger partial charge in [-0.25, -0.2) is 0 Å². The maximum atomic E-state index is 4.26. The summed E-state index contributed by atoms with van der Waals surface area (Å²) in [6.45, 7) is 14.8. The van der Waals surface area contributed by atoms with Crippen LogP contribution in [0.3, 0.4) is 0 Å². The van der Waals surface area contributed by atoms with Gasteiger partial charge in [-0.1, -0.05) is 38.1 Å². The molecule has 0 spiro atoms. The maximum Gasteiger partial charge on any atom is 0.191 e. The molecule has 0 amide bonds. The first-order valence-electron chi connectivity index (χ1n) is 8.17. The number of hydrogen-bond acceptors (Lipinski definition) is 2. The minimum absolute atomic E-state index is 0. The van der Waals surface area contributed by atoms with Gasteiger partial charge in [0, 0.05) is 25.7 Å². The molecule has 0 aliphatic heterocycles. The van der Waals surface area contributed by atoms with Crippen LogP contribution in [-0.2, 0) is 13.1 Å². The standard InChI is InChI=1S/C18H32N4.HI/c1-7-22(8-2)14-16-11-9-15(10-12-16)13-20-17(19-6)21-18(3,4)5;/h9-12H,7-8,13-14H2,1-6H3,(H2,19,20,21);1H. The maximum absolute atomic E-state index is 4.26. The second-order valence-corrected chi connectivity index (χ2v) is 6.58. The molecule has 0 fully saturated rings. The van der Waals surface area contributed by atoms with Crippen molar-refractivity contribution >= 4 is 29.9 Å². The molecule has 0 unspecified atom stereocenters. The van der Waals surface area contributed by atoms with E-state index in [4.69, 9.17) is 0 Å². The minimum Gasteiger partial charge on any atom is -0.352 e. The molecule has 0 aliphatic carbocycles. The van der Waals surface area contributed by atoms with Crippen LogP contribution in [0.1, 0.15) is 45.7 Å². The molecule has 0 aliphatic rings. The summed E-state index contributed by atoms with van der Waals surface area (Å²) in [5.74, 6) is 0.833. The molecule has 0 saturated heterocycles. The first kappa shape index (κ1) is 22.2. The van der Waals surface area contributed by atoms with E-state index in [1.807, 2.05) is 0 Å². The zero-order valence-electron chi connectivity index (χ0n) is 15.4. The molecule has 0 atom stereocenters. The van der Waals surface area contributed by atoms with Crippen LogP contribution in [0.5, 0.6) is 0 Å². The second-order valence-electron chi connectivity index (χ2n) is 6.58. The largest absolute Gasteiger partial charge is 0.352 e. The van der Waals surface area contributed by atoms with Crippen LogP contribution in [0, 0.1) is 0 Å². The normalized spacial score (nSPS) is 12.0. The van der Waals surface area contributed by atoms with Crippen molar-refractivity contribution in [2.24, 2.45) is 4.99 Å². The van der Waals surface area contributed by atoms with Gasteiger partial charge in [0.1, 0.15) is 0 Å². The van der Waals surface area contributed by atoms with Crippen molar-refractivity contribution in [3.63, 3.8) is 0 Å². The Morgan fingerprint density at radius 3 is 2.00 bits per heavy atom. The highest BCUT2D eigenvalue weighted by Crippen LogP contribution is 2.07. The summed E-state index contributed by atoms with van der Waals surface area (Å²) in [5.41, 5.74) is 2.64. The highest BCUT2D eigenvalue weighted by atomic mass is 127. The van der Waals surface area contributed by atoms with E-state index in [1.54, 1.807) is 7.05 Å².